The van der Waals surface area contributed by atoms with Crippen LogP contribution < -0.4 is 10.6 Å². The average molecular weight is 714 g/mol. The van der Waals surface area contributed by atoms with Crippen LogP contribution in [-0.4, -0.2) is 79.5 Å². The van der Waals surface area contributed by atoms with Crippen LogP contribution in [0.2, 0.25) is 0 Å². The maximum absolute atomic E-state index is 14.2. The van der Waals surface area contributed by atoms with Gasteiger partial charge in [-0.2, -0.15) is 0 Å². The van der Waals surface area contributed by atoms with E-state index in [2.05, 4.69) is 10.6 Å². The number of nitrogens with one attached hydrogen (secondary N) is 2. The van der Waals surface area contributed by atoms with Gasteiger partial charge in [0.2, 0.25) is 17.6 Å². The van der Waals surface area contributed by atoms with Gasteiger partial charge in [0.15, 0.2) is 0 Å². The predicted octanol–water partition coefficient (Wildman–Crippen LogP) is 7.42. The van der Waals surface area contributed by atoms with E-state index in [1.54, 1.807) is 57.0 Å². The number of carbonyl (C=O) groups is 4. The number of fused-ring (bicyclic) bond motifs is 1. The van der Waals surface area contributed by atoms with Crippen molar-refractivity contribution in [3.63, 3.8) is 0 Å². The van der Waals surface area contributed by atoms with Crippen molar-refractivity contribution in [1.29, 1.82) is 0 Å². The number of benzene rings is 1. The summed E-state index contributed by atoms with van der Waals surface area (Å²) < 4.78 is 36.0. The van der Waals surface area contributed by atoms with Crippen LogP contribution in [0.5, 0.6) is 0 Å². The zero-order valence-corrected chi connectivity index (χ0v) is 30.8. The fourth-order valence-corrected chi connectivity index (χ4v) is 8.21. The Balaban J connectivity index is 1.27. The standard InChI is InChI=1S/C39H56FN3O8/c1-6-7-20-49-37(46)33-22-27-21-28(14-17-32(27)50-33)41-35(44)34-30(24-12-15-29(48-5)16-13-24)18-19-43(34)36(45)26-10-8-25(9-11-26)31(23-40)42-38(47)51-39(2,3)4/h14,17,21-22,24-26,29-31,34H,6-13,15-16,18-20,23H2,1-5H3,(H,41,44)(H,42,47)/t24-,25-,26-,29-,30-,31+,34-/m0/s1. The summed E-state index contributed by atoms with van der Waals surface area (Å²) in [5.41, 5.74) is 0.372. The molecule has 2 saturated carbocycles. The third-order valence-corrected chi connectivity index (χ3v) is 10.9. The molecule has 2 aliphatic carbocycles. The molecule has 3 amide bonds. The van der Waals surface area contributed by atoms with E-state index in [4.69, 9.17) is 18.6 Å². The van der Waals surface area contributed by atoms with Crippen molar-refractivity contribution in [1.82, 2.24) is 10.2 Å². The van der Waals surface area contributed by atoms with Gasteiger partial charge >= 0.3 is 12.1 Å². The minimum Gasteiger partial charge on any atom is -0.460 e. The minimum absolute atomic E-state index is 0.0131. The summed E-state index contributed by atoms with van der Waals surface area (Å²) in [6, 6.07) is 5.54. The monoisotopic (exact) mass is 713 g/mol. The second-order valence-electron chi connectivity index (χ2n) is 15.6. The molecule has 1 aromatic heterocycles. The SMILES string of the molecule is CCCCOC(=O)c1cc2cc(NC(=O)[C@@H]3[C@H]([C@H]4CC[C@H](OC)CC4)CCN3C(=O)[C@H]3CC[C@H]([C@@H](CF)NC(=O)OC(C)(C)C)CC3)ccc2o1. The summed E-state index contributed by atoms with van der Waals surface area (Å²) >= 11 is 0. The highest BCUT2D eigenvalue weighted by Crippen LogP contribution is 2.42. The zero-order chi connectivity index (χ0) is 36.7. The second kappa shape index (κ2) is 17.2. The third kappa shape index (κ3) is 9.81. The van der Waals surface area contributed by atoms with Crippen molar-refractivity contribution >= 4 is 40.5 Å². The first kappa shape index (κ1) is 38.6. The molecule has 2 N–H and O–H groups in total. The van der Waals surface area contributed by atoms with Gasteiger partial charge in [-0.1, -0.05) is 13.3 Å². The van der Waals surface area contributed by atoms with Gasteiger partial charge in [-0.05, 0) is 127 Å². The maximum atomic E-state index is 14.2. The Morgan fingerprint density at radius 3 is 2.37 bits per heavy atom. The molecule has 11 nitrogen and oxygen atoms in total. The number of carbonyl (C=O) groups excluding carboxylic acids is 4. The molecule has 0 bridgehead atoms. The van der Waals surface area contributed by atoms with E-state index < -0.39 is 36.4 Å². The minimum atomic E-state index is -0.709. The molecule has 5 rings (SSSR count). The van der Waals surface area contributed by atoms with Crippen LogP contribution in [0.15, 0.2) is 28.7 Å². The molecule has 1 aromatic carbocycles. The predicted molar refractivity (Wildman–Crippen MR) is 191 cm³/mol. The van der Waals surface area contributed by atoms with Gasteiger partial charge in [0.1, 0.15) is 23.9 Å². The molecule has 3 aliphatic rings. The molecule has 2 heterocycles. The smallest absolute Gasteiger partial charge is 0.407 e. The number of methoxy groups -OCH3 is 1. The molecule has 1 saturated heterocycles. The number of rotatable bonds is 12. The van der Waals surface area contributed by atoms with E-state index in [1.165, 1.54) is 0 Å². The van der Waals surface area contributed by atoms with Gasteiger partial charge in [-0.25, -0.2) is 14.0 Å². The lowest BCUT2D eigenvalue weighted by Crippen LogP contribution is -2.50. The van der Waals surface area contributed by atoms with Crippen LogP contribution in [0.3, 0.4) is 0 Å². The van der Waals surface area contributed by atoms with E-state index in [0.717, 1.165) is 44.9 Å². The van der Waals surface area contributed by atoms with Crippen molar-refractivity contribution in [2.75, 3.05) is 32.3 Å². The summed E-state index contributed by atoms with van der Waals surface area (Å²) in [6.45, 7) is 7.42. The van der Waals surface area contributed by atoms with E-state index in [1.807, 2.05) is 6.92 Å². The fraction of sp³-hybridized carbons (Fsp3) is 0.692. The van der Waals surface area contributed by atoms with Crippen molar-refractivity contribution < 1.29 is 42.2 Å². The molecule has 2 aromatic rings. The second-order valence-corrected chi connectivity index (χ2v) is 15.6. The van der Waals surface area contributed by atoms with E-state index in [0.29, 0.717) is 61.4 Å². The molecule has 0 radical (unpaired) electrons. The van der Waals surface area contributed by atoms with Gasteiger partial charge in [0, 0.05) is 30.6 Å². The first-order valence-electron chi connectivity index (χ1n) is 18.8. The molecule has 3 atom stereocenters. The van der Waals surface area contributed by atoms with Crippen molar-refractivity contribution in [2.24, 2.45) is 23.7 Å². The van der Waals surface area contributed by atoms with Gasteiger partial charge in [-0.3, -0.25) is 9.59 Å². The molecular formula is C39H56FN3O8. The summed E-state index contributed by atoms with van der Waals surface area (Å²) in [5, 5.41) is 6.44. The molecule has 3 fully saturated rings. The van der Waals surface area contributed by atoms with E-state index in [9.17, 15) is 23.6 Å². The number of hydrogen-bond acceptors (Lipinski definition) is 8. The highest BCUT2D eigenvalue weighted by atomic mass is 19.1. The molecule has 0 spiro atoms. The number of esters is 1. The molecule has 282 valence electrons. The number of likely N-dealkylation sites (tertiary alicyclic amines) is 1. The van der Waals surface area contributed by atoms with Crippen molar-refractivity contribution in [3.8, 4) is 0 Å². The highest BCUT2D eigenvalue weighted by Gasteiger charge is 2.47. The van der Waals surface area contributed by atoms with Crippen LogP contribution >= 0.6 is 0 Å². The normalized spacial score (nSPS) is 26.0. The number of halogens is 1. The van der Waals surface area contributed by atoms with Crippen LogP contribution in [0, 0.1) is 23.7 Å². The molecular weight excluding hydrogens is 657 g/mol. The fourth-order valence-electron chi connectivity index (χ4n) is 8.21. The van der Waals surface area contributed by atoms with Crippen molar-refractivity contribution in [3.05, 3.63) is 30.0 Å². The van der Waals surface area contributed by atoms with Crippen LogP contribution in [-0.2, 0) is 23.8 Å². The lowest BCUT2D eigenvalue weighted by atomic mass is 9.75. The molecule has 51 heavy (non-hydrogen) atoms. The average Bonchev–Trinajstić information content (AvgIpc) is 3.75. The largest absolute Gasteiger partial charge is 0.460 e. The Bertz CT molecular complexity index is 1510. The number of alkyl carbamates (subject to hydrolysis) is 1. The molecule has 0 unspecified atom stereocenters. The highest BCUT2D eigenvalue weighted by molar-refractivity contribution is 6.00. The Labute approximate surface area is 300 Å². The third-order valence-electron chi connectivity index (χ3n) is 10.9. The van der Waals surface area contributed by atoms with Crippen LogP contribution in [0.25, 0.3) is 11.0 Å². The number of amides is 3. The number of hydrogen-bond donors (Lipinski definition) is 2. The first-order chi connectivity index (χ1) is 24.4. The van der Waals surface area contributed by atoms with Gasteiger partial charge < -0.3 is 34.2 Å². The number of anilines is 1. The topological polar surface area (TPSA) is 136 Å². The maximum Gasteiger partial charge on any atom is 0.407 e. The van der Waals surface area contributed by atoms with E-state index >= 15 is 0 Å². The van der Waals surface area contributed by atoms with Crippen LogP contribution in [0.1, 0.15) is 109 Å². The summed E-state index contributed by atoms with van der Waals surface area (Å²) in [5.74, 6) is -0.753. The first-order valence-corrected chi connectivity index (χ1v) is 18.8. The molecule has 12 heteroatoms. The van der Waals surface area contributed by atoms with Gasteiger partial charge in [-0.15, -0.1) is 0 Å². The van der Waals surface area contributed by atoms with Gasteiger partial charge in [0.05, 0.1) is 18.8 Å². The Morgan fingerprint density at radius 1 is 1.00 bits per heavy atom. The number of nitrogens with zero attached hydrogens (tertiary/aromatic N) is 1. The molecule has 1 aliphatic heterocycles. The quantitative estimate of drug-likeness (QED) is 0.171. The van der Waals surface area contributed by atoms with Crippen LogP contribution in [0.4, 0.5) is 14.9 Å². The Morgan fingerprint density at radius 2 is 1.73 bits per heavy atom. The van der Waals surface area contributed by atoms with E-state index in [-0.39, 0.29) is 41.4 Å². The van der Waals surface area contributed by atoms with Gasteiger partial charge in [0.25, 0.3) is 0 Å². The Kier molecular flexibility index (Phi) is 13.0. The summed E-state index contributed by atoms with van der Waals surface area (Å²) in [4.78, 5) is 55.1. The zero-order valence-electron chi connectivity index (χ0n) is 30.8. The summed E-state index contributed by atoms with van der Waals surface area (Å²) in [6.07, 6.45) is 8.04. The lowest BCUT2D eigenvalue weighted by Gasteiger charge is -2.38. The lowest BCUT2D eigenvalue weighted by molar-refractivity contribution is -0.142. The number of alkyl halides is 1. The number of unbranched alkanes of at least 4 members (excludes halogenated alkanes) is 1. The Hall–Kier alpha value is -3.67. The number of furan rings is 1. The summed E-state index contributed by atoms with van der Waals surface area (Å²) in [7, 11) is 1.74. The van der Waals surface area contributed by atoms with Crippen molar-refractivity contribution in [2.45, 2.75) is 122 Å². The number of ether oxygens (including phenoxy) is 3.